The second-order valence-corrected chi connectivity index (χ2v) is 4.82. The van der Waals surface area contributed by atoms with Crippen molar-refractivity contribution in [3.8, 4) is 0 Å². The molecule has 0 radical (unpaired) electrons. The summed E-state index contributed by atoms with van der Waals surface area (Å²) in [6, 6.07) is 0. The Morgan fingerprint density at radius 3 is 2.65 bits per heavy atom. The van der Waals surface area contributed by atoms with Crippen molar-refractivity contribution in [2.45, 2.75) is 38.2 Å². The van der Waals surface area contributed by atoms with Crippen LogP contribution in [-0.4, -0.2) is 47.7 Å². The summed E-state index contributed by atoms with van der Waals surface area (Å²) in [6.45, 7) is 1.66. The average Bonchev–Trinajstić information content (AvgIpc) is 2.39. The van der Waals surface area contributed by atoms with Gasteiger partial charge >= 0.3 is 5.97 Å². The Bertz CT molecular complexity index is 299. The molecule has 0 aromatic rings. The largest absolute Gasteiger partial charge is 0.481 e. The molecule has 5 nitrogen and oxygen atoms in total. The lowest BCUT2D eigenvalue weighted by Gasteiger charge is -2.34. The van der Waals surface area contributed by atoms with E-state index < -0.39 is 11.9 Å². The monoisotopic (exact) mass is 241 g/mol. The van der Waals surface area contributed by atoms with Gasteiger partial charge in [0.05, 0.1) is 5.92 Å². The maximum absolute atomic E-state index is 12.1. The fourth-order valence-electron chi connectivity index (χ4n) is 2.52. The Labute approximate surface area is 101 Å². The van der Waals surface area contributed by atoms with E-state index in [2.05, 4.69) is 0 Å². The van der Waals surface area contributed by atoms with Crippen LogP contribution in [-0.2, 0) is 14.3 Å². The van der Waals surface area contributed by atoms with Crippen LogP contribution in [0.2, 0.25) is 0 Å². The van der Waals surface area contributed by atoms with Crippen LogP contribution in [0.5, 0.6) is 0 Å². The summed E-state index contributed by atoms with van der Waals surface area (Å²) >= 11 is 0. The van der Waals surface area contributed by atoms with Crippen molar-refractivity contribution >= 4 is 11.9 Å². The molecule has 0 bridgehead atoms. The third-order valence-corrected chi connectivity index (χ3v) is 3.54. The number of carbonyl (C=O) groups is 2. The molecule has 0 aromatic carbocycles. The van der Waals surface area contributed by atoms with Gasteiger partial charge in [0.15, 0.2) is 0 Å². The third kappa shape index (κ3) is 2.97. The lowest BCUT2D eigenvalue weighted by Crippen LogP contribution is -2.47. The molecule has 2 fully saturated rings. The molecule has 2 saturated heterocycles. The molecule has 17 heavy (non-hydrogen) atoms. The van der Waals surface area contributed by atoms with Gasteiger partial charge in [-0.15, -0.1) is 0 Å². The van der Waals surface area contributed by atoms with E-state index in [1.165, 1.54) is 0 Å². The summed E-state index contributed by atoms with van der Waals surface area (Å²) < 4.78 is 5.45. The smallest absolute Gasteiger partial charge is 0.308 e. The number of hydrogen-bond donors (Lipinski definition) is 1. The first kappa shape index (κ1) is 12.4. The number of carbonyl (C=O) groups excluding carboxylic acids is 1. The number of ether oxygens (including phenoxy) is 1. The number of hydrogen-bond acceptors (Lipinski definition) is 3. The SMILES string of the molecule is O=C(O)[C@H]1CCCN(C(=O)[C@@H]2CCCCO2)C1. The summed E-state index contributed by atoms with van der Waals surface area (Å²) in [5, 5.41) is 8.98. The second-order valence-electron chi connectivity index (χ2n) is 4.82. The first-order chi connectivity index (χ1) is 8.18. The molecule has 2 atom stereocenters. The fourth-order valence-corrected chi connectivity index (χ4v) is 2.52. The van der Waals surface area contributed by atoms with E-state index in [0.29, 0.717) is 26.1 Å². The molecule has 0 unspecified atom stereocenters. The minimum absolute atomic E-state index is 0.0179. The highest BCUT2D eigenvalue weighted by Gasteiger charge is 2.32. The predicted octanol–water partition coefficient (Wildman–Crippen LogP) is 0.879. The number of carboxylic acids is 1. The molecule has 96 valence electrons. The molecule has 2 rings (SSSR count). The highest BCUT2D eigenvalue weighted by molar-refractivity contribution is 5.82. The number of rotatable bonds is 2. The van der Waals surface area contributed by atoms with Gasteiger partial charge in [-0.25, -0.2) is 0 Å². The van der Waals surface area contributed by atoms with Crippen LogP contribution >= 0.6 is 0 Å². The Morgan fingerprint density at radius 2 is 2.00 bits per heavy atom. The van der Waals surface area contributed by atoms with Crippen LogP contribution < -0.4 is 0 Å². The van der Waals surface area contributed by atoms with Crippen LogP contribution in [0.15, 0.2) is 0 Å². The first-order valence-electron chi connectivity index (χ1n) is 6.31. The quantitative estimate of drug-likeness (QED) is 0.779. The maximum atomic E-state index is 12.1. The van der Waals surface area contributed by atoms with Crippen LogP contribution in [0.3, 0.4) is 0 Å². The van der Waals surface area contributed by atoms with Crippen molar-refractivity contribution in [2.24, 2.45) is 5.92 Å². The van der Waals surface area contributed by atoms with Crippen LogP contribution in [0.25, 0.3) is 0 Å². The highest BCUT2D eigenvalue weighted by Crippen LogP contribution is 2.21. The molecule has 0 aromatic heterocycles. The number of likely N-dealkylation sites (tertiary alicyclic amines) is 1. The number of aliphatic carboxylic acids is 1. The van der Waals surface area contributed by atoms with E-state index in [1.807, 2.05) is 0 Å². The van der Waals surface area contributed by atoms with Gasteiger partial charge in [-0.3, -0.25) is 9.59 Å². The summed E-state index contributed by atoms with van der Waals surface area (Å²) in [7, 11) is 0. The van der Waals surface area contributed by atoms with Crippen molar-refractivity contribution in [2.75, 3.05) is 19.7 Å². The summed E-state index contributed by atoms with van der Waals surface area (Å²) in [4.78, 5) is 24.7. The minimum Gasteiger partial charge on any atom is -0.481 e. The van der Waals surface area contributed by atoms with Crippen LogP contribution in [0.4, 0.5) is 0 Å². The van der Waals surface area contributed by atoms with E-state index in [-0.39, 0.29) is 12.0 Å². The molecule has 2 heterocycles. The summed E-state index contributed by atoms with van der Waals surface area (Å²) in [5.41, 5.74) is 0. The van der Waals surface area contributed by atoms with Gasteiger partial charge in [-0.2, -0.15) is 0 Å². The molecule has 2 aliphatic heterocycles. The van der Waals surface area contributed by atoms with Crippen molar-refractivity contribution in [3.05, 3.63) is 0 Å². The molecule has 0 aliphatic carbocycles. The van der Waals surface area contributed by atoms with E-state index in [4.69, 9.17) is 9.84 Å². The van der Waals surface area contributed by atoms with Gasteiger partial charge in [0.2, 0.25) is 0 Å². The van der Waals surface area contributed by atoms with Crippen LogP contribution in [0, 0.1) is 5.92 Å². The molecule has 5 heteroatoms. The van der Waals surface area contributed by atoms with E-state index in [1.54, 1.807) is 4.90 Å². The number of nitrogens with zero attached hydrogens (tertiary/aromatic N) is 1. The zero-order valence-electron chi connectivity index (χ0n) is 9.93. The van der Waals surface area contributed by atoms with Gasteiger partial charge in [0, 0.05) is 19.7 Å². The van der Waals surface area contributed by atoms with E-state index >= 15 is 0 Å². The molecule has 1 amide bonds. The fraction of sp³-hybridized carbons (Fsp3) is 0.833. The maximum Gasteiger partial charge on any atom is 0.308 e. The number of piperidine rings is 1. The van der Waals surface area contributed by atoms with E-state index in [9.17, 15) is 9.59 Å². The minimum atomic E-state index is -0.799. The molecular formula is C12H19NO4. The van der Waals surface area contributed by atoms with Crippen molar-refractivity contribution in [1.29, 1.82) is 0 Å². The van der Waals surface area contributed by atoms with Gasteiger partial charge < -0.3 is 14.7 Å². The third-order valence-electron chi connectivity index (χ3n) is 3.54. The van der Waals surface area contributed by atoms with Gasteiger partial charge in [-0.05, 0) is 32.1 Å². The highest BCUT2D eigenvalue weighted by atomic mass is 16.5. The van der Waals surface area contributed by atoms with E-state index in [0.717, 1.165) is 25.7 Å². The number of carboxylic acid groups (broad SMARTS) is 1. The van der Waals surface area contributed by atoms with Gasteiger partial charge in [0.25, 0.3) is 5.91 Å². The number of amides is 1. The normalized spacial score (nSPS) is 30.0. The summed E-state index contributed by atoms with van der Waals surface area (Å²) in [5.74, 6) is -1.22. The summed E-state index contributed by atoms with van der Waals surface area (Å²) in [6.07, 6.45) is 3.91. The second kappa shape index (κ2) is 5.49. The Morgan fingerprint density at radius 1 is 1.18 bits per heavy atom. The van der Waals surface area contributed by atoms with Gasteiger partial charge in [0.1, 0.15) is 6.10 Å². The Hall–Kier alpha value is -1.10. The Balaban J connectivity index is 1.91. The lowest BCUT2D eigenvalue weighted by molar-refractivity contribution is -0.152. The molecular weight excluding hydrogens is 222 g/mol. The molecule has 1 N–H and O–H groups in total. The predicted molar refractivity (Wildman–Crippen MR) is 60.5 cm³/mol. The standard InChI is InChI=1S/C12H19NO4/c14-11(10-5-1-2-7-17-10)13-6-3-4-9(8-13)12(15)16/h9-10H,1-8H2,(H,15,16)/t9-,10-/m0/s1. The van der Waals surface area contributed by atoms with Crippen molar-refractivity contribution < 1.29 is 19.4 Å². The van der Waals surface area contributed by atoms with Crippen molar-refractivity contribution in [3.63, 3.8) is 0 Å². The first-order valence-corrected chi connectivity index (χ1v) is 6.31. The van der Waals surface area contributed by atoms with Crippen molar-refractivity contribution in [1.82, 2.24) is 4.90 Å². The van der Waals surface area contributed by atoms with Crippen LogP contribution in [0.1, 0.15) is 32.1 Å². The topological polar surface area (TPSA) is 66.8 Å². The lowest BCUT2D eigenvalue weighted by atomic mass is 9.97. The average molecular weight is 241 g/mol. The molecule has 0 saturated carbocycles. The molecule has 0 spiro atoms. The molecule has 2 aliphatic rings. The van der Waals surface area contributed by atoms with Gasteiger partial charge in [-0.1, -0.05) is 0 Å². The Kier molecular flexibility index (Phi) is 3.99. The zero-order valence-corrected chi connectivity index (χ0v) is 9.93. The zero-order chi connectivity index (χ0) is 12.3.